The van der Waals surface area contributed by atoms with Gasteiger partial charge >= 0.3 is 0 Å². The Balaban J connectivity index is 1.84. The molecule has 0 saturated carbocycles. The molecule has 2 rings (SSSR count). The molecule has 0 aliphatic carbocycles. The molecule has 1 aliphatic rings. The largest absolute Gasteiger partial charge is 0.345 e. The average Bonchev–Trinajstić information content (AvgIpc) is 2.47. The van der Waals surface area contributed by atoms with Gasteiger partial charge in [-0.15, -0.1) is 0 Å². The van der Waals surface area contributed by atoms with Crippen molar-refractivity contribution >= 4 is 29.1 Å². The molecular weight excluding hydrogens is 321 g/mol. The lowest BCUT2D eigenvalue weighted by atomic mass is 10.1. The minimum atomic E-state index is -0.112. The molecule has 0 unspecified atom stereocenters. The molecule has 1 aromatic carbocycles. The van der Waals surface area contributed by atoms with E-state index in [-0.39, 0.29) is 11.9 Å². The van der Waals surface area contributed by atoms with Crippen LogP contribution >= 0.6 is 23.2 Å². The van der Waals surface area contributed by atoms with Gasteiger partial charge in [-0.3, -0.25) is 4.79 Å². The zero-order chi connectivity index (χ0) is 16.1. The maximum Gasteiger partial charge on any atom is 0.275 e. The van der Waals surface area contributed by atoms with Gasteiger partial charge in [-0.05, 0) is 31.5 Å². The topological polar surface area (TPSA) is 38.0 Å². The zero-order valence-corrected chi connectivity index (χ0v) is 14.7. The number of likely N-dealkylation sites (N-methyl/N-ethyl adjacent to an activating group) is 1. The summed E-state index contributed by atoms with van der Waals surface area (Å²) in [5, 5.41) is 4.23. The molecule has 122 valence electrons. The molecular formula is C16H25Cl2N3O+2. The van der Waals surface area contributed by atoms with Gasteiger partial charge in [0.1, 0.15) is 26.2 Å². The Labute approximate surface area is 142 Å². The van der Waals surface area contributed by atoms with Crippen molar-refractivity contribution in [3.63, 3.8) is 0 Å². The first kappa shape index (κ1) is 17.5. The summed E-state index contributed by atoms with van der Waals surface area (Å²) in [6.07, 6.45) is 0. The lowest BCUT2D eigenvalue weighted by Crippen LogP contribution is -3.28. The quantitative estimate of drug-likeness (QED) is 0.689. The number of benzene rings is 1. The van der Waals surface area contributed by atoms with Gasteiger partial charge in [0.25, 0.3) is 5.91 Å². The molecule has 6 heteroatoms. The third kappa shape index (κ3) is 4.85. The van der Waals surface area contributed by atoms with E-state index < -0.39 is 0 Å². The fourth-order valence-corrected chi connectivity index (χ4v) is 3.51. The number of carbonyl (C=O) groups excluding carboxylic acids is 1. The maximum absolute atomic E-state index is 12.2. The second kappa shape index (κ2) is 8.16. The molecule has 0 radical (unpaired) electrons. The molecule has 0 aromatic heterocycles. The van der Waals surface area contributed by atoms with Crippen molar-refractivity contribution in [2.24, 2.45) is 0 Å². The van der Waals surface area contributed by atoms with Gasteiger partial charge in [0.15, 0.2) is 6.54 Å². The van der Waals surface area contributed by atoms with Gasteiger partial charge < -0.3 is 15.1 Å². The second-order valence-electron chi connectivity index (χ2n) is 5.99. The number of amides is 1. The highest BCUT2D eigenvalue weighted by molar-refractivity contribution is 6.35. The van der Waals surface area contributed by atoms with Crippen molar-refractivity contribution in [2.45, 2.75) is 19.9 Å². The summed E-state index contributed by atoms with van der Waals surface area (Å²) in [4.78, 5) is 15.2. The highest BCUT2D eigenvalue weighted by atomic mass is 35.5. The Hall–Kier alpha value is -0.810. The van der Waals surface area contributed by atoms with E-state index in [1.54, 1.807) is 17.0 Å². The molecule has 1 aromatic rings. The van der Waals surface area contributed by atoms with Crippen LogP contribution in [0.1, 0.15) is 25.5 Å². The van der Waals surface area contributed by atoms with Crippen molar-refractivity contribution in [1.82, 2.24) is 5.32 Å². The van der Waals surface area contributed by atoms with Crippen molar-refractivity contribution in [3.8, 4) is 0 Å². The number of hydrogen-bond donors (Lipinski definition) is 3. The van der Waals surface area contributed by atoms with Crippen molar-refractivity contribution in [1.29, 1.82) is 0 Å². The van der Waals surface area contributed by atoms with Gasteiger partial charge in [0.05, 0.1) is 12.6 Å². The Morgan fingerprint density at radius 1 is 1.23 bits per heavy atom. The number of piperazine rings is 1. The molecule has 0 bridgehead atoms. The summed E-state index contributed by atoms with van der Waals surface area (Å²) in [5.74, 6) is 0.0773. The van der Waals surface area contributed by atoms with Gasteiger partial charge in [-0.25, -0.2) is 0 Å². The zero-order valence-electron chi connectivity index (χ0n) is 13.2. The molecule has 3 N–H and O–H groups in total. The van der Waals surface area contributed by atoms with Crippen LogP contribution < -0.4 is 15.1 Å². The first-order valence-electron chi connectivity index (χ1n) is 7.91. The molecule has 1 heterocycles. The van der Waals surface area contributed by atoms with E-state index in [0.717, 1.165) is 31.7 Å². The van der Waals surface area contributed by atoms with Crippen LogP contribution in [0.5, 0.6) is 0 Å². The smallest absolute Gasteiger partial charge is 0.275 e. The average molecular weight is 346 g/mol. The Morgan fingerprint density at radius 3 is 2.45 bits per heavy atom. The Bertz CT molecular complexity index is 516. The summed E-state index contributed by atoms with van der Waals surface area (Å²) >= 11 is 12.1. The predicted octanol–water partition coefficient (Wildman–Crippen LogP) is -0.0261. The van der Waals surface area contributed by atoms with E-state index in [0.29, 0.717) is 16.6 Å². The van der Waals surface area contributed by atoms with Crippen molar-refractivity contribution in [2.75, 3.05) is 39.3 Å². The summed E-state index contributed by atoms with van der Waals surface area (Å²) < 4.78 is 0. The SMILES string of the molecule is CC[NH+]1CC[NH+](CC(=O)N[C@@H](C)c2ccc(Cl)cc2Cl)CC1. The van der Waals surface area contributed by atoms with Crippen LogP contribution in [-0.2, 0) is 4.79 Å². The number of rotatable bonds is 5. The molecule has 4 nitrogen and oxygen atoms in total. The van der Waals surface area contributed by atoms with Crippen LogP contribution in [0, 0.1) is 0 Å². The monoisotopic (exact) mass is 345 g/mol. The molecule has 1 aliphatic heterocycles. The van der Waals surface area contributed by atoms with E-state index in [2.05, 4.69) is 12.2 Å². The van der Waals surface area contributed by atoms with Gasteiger partial charge in [-0.1, -0.05) is 29.3 Å². The Morgan fingerprint density at radius 2 is 1.86 bits per heavy atom. The first-order valence-corrected chi connectivity index (χ1v) is 8.66. The molecule has 0 spiro atoms. The van der Waals surface area contributed by atoms with Crippen molar-refractivity contribution < 1.29 is 14.6 Å². The van der Waals surface area contributed by atoms with Gasteiger partial charge in [-0.2, -0.15) is 0 Å². The van der Waals surface area contributed by atoms with Crippen LogP contribution in [0.25, 0.3) is 0 Å². The molecule has 1 fully saturated rings. The first-order chi connectivity index (χ1) is 10.5. The summed E-state index contributed by atoms with van der Waals surface area (Å²) in [6.45, 7) is 10.3. The van der Waals surface area contributed by atoms with E-state index >= 15 is 0 Å². The van der Waals surface area contributed by atoms with Crippen LogP contribution in [0.3, 0.4) is 0 Å². The van der Waals surface area contributed by atoms with Gasteiger partial charge in [0.2, 0.25) is 0 Å². The summed E-state index contributed by atoms with van der Waals surface area (Å²) in [6, 6.07) is 5.26. The summed E-state index contributed by atoms with van der Waals surface area (Å²) in [5.41, 5.74) is 0.898. The van der Waals surface area contributed by atoms with Crippen LogP contribution in [0.4, 0.5) is 0 Å². The van der Waals surface area contributed by atoms with E-state index in [1.807, 2.05) is 13.0 Å². The van der Waals surface area contributed by atoms with E-state index in [9.17, 15) is 4.79 Å². The van der Waals surface area contributed by atoms with Crippen LogP contribution in [0.2, 0.25) is 10.0 Å². The van der Waals surface area contributed by atoms with Gasteiger partial charge in [0, 0.05) is 10.0 Å². The fraction of sp³-hybridized carbons (Fsp3) is 0.562. The molecule has 1 amide bonds. The molecule has 1 saturated heterocycles. The number of hydrogen-bond acceptors (Lipinski definition) is 1. The lowest BCUT2D eigenvalue weighted by Gasteiger charge is -2.28. The number of quaternary nitrogens is 2. The predicted molar refractivity (Wildman–Crippen MR) is 89.8 cm³/mol. The standard InChI is InChI=1S/C16H23Cl2N3O/c1-3-20-6-8-21(9-7-20)11-16(22)19-12(2)14-5-4-13(17)10-15(14)18/h4-5,10,12H,3,6-9,11H2,1-2H3,(H,19,22)/p+2/t12-/m0/s1. The fourth-order valence-electron chi connectivity index (χ4n) is 2.94. The minimum absolute atomic E-state index is 0.0773. The highest BCUT2D eigenvalue weighted by Crippen LogP contribution is 2.25. The molecule has 22 heavy (non-hydrogen) atoms. The van der Waals surface area contributed by atoms with E-state index in [1.165, 1.54) is 11.4 Å². The van der Waals surface area contributed by atoms with Crippen LogP contribution in [-0.4, -0.2) is 45.2 Å². The third-order valence-corrected chi connectivity index (χ3v) is 4.94. The number of halogens is 2. The van der Waals surface area contributed by atoms with E-state index in [4.69, 9.17) is 23.2 Å². The van der Waals surface area contributed by atoms with Crippen molar-refractivity contribution in [3.05, 3.63) is 33.8 Å². The highest BCUT2D eigenvalue weighted by Gasteiger charge is 2.24. The van der Waals surface area contributed by atoms with Crippen LogP contribution in [0.15, 0.2) is 18.2 Å². The minimum Gasteiger partial charge on any atom is -0.345 e. The number of carbonyl (C=O) groups is 1. The number of nitrogens with one attached hydrogen (secondary N) is 3. The maximum atomic E-state index is 12.2. The lowest BCUT2D eigenvalue weighted by molar-refractivity contribution is -1.01. The normalized spacial score (nSPS) is 23.1. The Kier molecular flexibility index (Phi) is 6.50. The third-order valence-electron chi connectivity index (χ3n) is 4.38. The molecule has 1 atom stereocenters. The summed E-state index contributed by atoms with van der Waals surface area (Å²) in [7, 11) is 0. The second-order valence-corrected chi connectivity index (χ2v) is 6.83.